The van der Waals surface area contributed by atoms with Crippen LogP contribution in [0.15, 0.2) is 0 Å². The van der Waals surface area contributed by atoms with Crippen LogP contribution in [0.25, 0.3) is 0 Å². The summed E-state index contributed by atoms with van der Waals surface area (Å²) in [6.45, 7) is 3.43. The minimum Gasteiger partial charge on any atom is -0.463 e. The van der Waals surface area contributed by atoms with E-state index in [1.54, 1.807) is 0 Å². The summed E-state index contributed by atoms with van der Waals surface area (Å²) >= 11 is 0. The van der Waals surface area contributed by atoms with Crippen molar-refractivity contribution in [1.82, 2.24) is 0 Å². The largest absolute Gasteiger partial charge is 0.463 e. The third kappa shape index (κ3) is 9.37. The summed E-state index contributed by atoms with van der Waals surface area (Å²) in [7, 11) is 0. The maximum absolute atomic E-state index is 12.3. The van der Waals surface area contributed by atoms with E-state index in [1.807, 2.05) is 0 Å². The topological polar surface area (TPSA) is 143 Å². The normalized spacial score (nSPS) is 14.5. The Morgan fingerprint density at radius 1 is 0.852 bits per heavy atom. The molecule has 0 aliphatic heterocycles. The number of hydrogen-bond acceptors (Lipinski definition) is 10. The molecule has 0 aromatic heterocycles. The summed E-state index contributed by atoms with van der Waals surface area (Å²) in [5, 5.41) is 10.2. The molecule has 0 aromatic carbocycles. The predicted molar refractivity (Wildman–Crippen MR) is 87.8 cm³/mol. The fourth-order valence-corrected chi connectivity index (χ4v) is 2.04. The Kier molecular flexibility index (Phi) is 10.4. The van der Waals surface area contributed by atoms with E-state index in [4.69, 9.17) is 20.6 Å². The number of carbonyl (C=O) groups excluding carboxylic acids is 5. The smallest absolute Gasteiger partial charge is 0.303 e. The van der Waals surface area contributed by atoms with Crippen molar-refractivity contribution in [2.24, 2.45) is 0 Å². The van der Waals surface area contributed by atoms with Crippen LogP contribution in [0.4, 0.5) is 0 Å². The SMILES string of the molecule is C#CCC(=O)C(OC(C)=O)C(OC(C)=O)C(OC(C)=O)C(O)COC(C)=O. The van der Waals surface area contributed by atoms with Gasteiger partial charge >= 0.3 is 23.9 Å². The zero-order valence-corrected chi connectivity index (χ0v) is 15.4. The van der Waals surface area contributed by atoms with Gasteiger partial charge in [0.1, 0.15) is 12.7 Å². The molecule has 0 aliphatic rings. The molecule has 0 saturated carbocycles. The van der Waals surface area contributed by atoms with Crippen LogP contribution in [0.3, 0.4) is 0 Å². The molecule has 0 spiro atoms. The van der Waals surface area contributed by atoms with E-state index in [9.17, 15) is 29.1 Å². The molecule has 1 N–H and O–H groups in total. The zero-order valence-electron chi connectivity index (χ0n) is 15.4. The van der Waals surface area contributed by atoms with Gasteiger partial charge in [0.15, 0.2) is 18.0 Å². The van der Waals surface area contributed by atoms with Gasteiger partial charge in [-0.05, 0) is 0 Å². The van der Waals surface area contributed by atoms with Gasteiger partial charge in [-0.1, -0.05) is 5.92 Å². The van der Waals surface area contributed by atoms with E-state index in [0.29, 0.717) is 0 Å². The summed E-state index contributed by atoms with van der Waals surface area (Å²) in [4.78, 5) is 57.5. The number of ketones is 1. The van der Waals surface area contributed by atoms with Crippen LogP contribution in [-0.4, -0.2) is 65.8 Å². The Hall–Kier alpha value is -2.93. The Balaban J connectivity index is 5.96. The first-order valence-electron chi connectivity index (χ1n) is 7.78. The van der Waals surface area contributed by atoms with E-state index < -0.39 is 67.1 Å². The highest BCUT2D eigenvalue weighted by Crippen LogP contribution is 2.19. The lowest BCUT2D eigenvalue weighted by atomic mass is 9.98. The van der Waals surface area contributed by atoms with Crippen molar-refractivity contribution in [1.29, 1.82) is 0 Å². The number of aliphatic hydroxyl groups is 1. The van der Waals surface area contributed by atoms with E-state index in [-0.39, 0.29) is 0 Å². The molecule has 0 heterocycles. The van der Waals surface area contributed by atoms with Gasteiger partial charge in [0.05, 0.1) is 6.42 Å². The number of Topliss-reactive ketones (excluding diaryl/α,β-unsaturated/α-hetero) is 1. The monoisotopic (exact) mass is 386 g/mol. The fraction of sp³-hybridized carbons (Fsp3) is 0.588. The molecule has 0 aliphatic carbocycles. The molecule has 10 nitrogen and oxygen atoms in total. The van der Waals surface area contributed by atoms with Crippen molar-refractivity contribution in [3.63, 3.8) is 0 Å². The second-order valence-electron chi connectivity index (χ2n) is 5.40. The lowest BCUT2D eigenvalue weighted by Gasteiger charge is -2.33. The third-order valence-electron chi connectivity index (χ3n) is 2.95. The van der Waals surface area contributed by atoms with Gasteiger partial charge in [0.2, 0.25) is 6.10 Å². The molecule has 0 bridgehead atoms. The summed E-state index contributed by atoms with van der Waals surface area (Å²) in [6.07, 6.45) is -2.25. The first kappa shape index (κ1) is 24.1. The minimum atomic E-state index is -1.75. The highest BCUT2D eigenvalue weighted by Gasteiger charge is 2.44. The van der Waals surface area contributed by atoms with Gasteiger partial charge in [-0.2, -0.15) is 0 Å². The van der Waals surface area contributed by atoms with Crippen LogP contribution < -0.4 is 0 Å². The molecular weight excluding hydrogens is 364 g/mol. The maximum atomic E-state index is 12.3. The van der Waals surface area contributed by atoms with Crippen molar-refractivity contribution in [3.8, 4) is 12.3 Å². The predicted octanol–water partition coefficient (Wildman–Crippen LogP) is -0.702. The molecule has 0 aromatic rings. The Labute approximate surface area is 156 Å². The first-order chi connectivity index (χ1) is 12.5. The van der Waals surface area contributed by atoms with Crippen LogP contribution >= 0.6 is 0 Å². The molecule has 0 fully saturated rings. The first-order valence-corrected chi connectivity index (χ1v) is 7.78. The van der Waals surface area contributed by atoms with Crippen LogP contribution in [0, 0.1) is 12.3 Å². The molecule has 10 heteroatoms. The number of carbonyl (C=O) groups is 5. The average molecular weight is 386 g/mol. The van der Waals surface area contributed by atoms with Crippen molar-refractivity contribution in [2.75, 3.05) is 6.61 Å². The molecule has 0 amide bonds. The molecule has 0 radical (unpaired) electrons. The fourth-order valence-electron chi connectivity index (χ4n) is 2.04. The van der Waals surface area contributed by atoms with Crippen LogP contribution in [0.2, 0.25) is 0 Å². The summed E-state index contributed by atoms with van der Waals surface area (Å²) in [6, 6.07) is 0. The molecule has 4 unspecified atom stereocenters. The molecule has 4 atom stereocenters. The number of esters is 4. The highest BCUT2D eigenvalue weighted by molar-refractivity contribution is 5.88. The van der Waals surface area contributed by atoms with Crippen LogP contribution in [-0.2, 0) is 42.9 Å². The van der Waals surface area contributed by atoms with E-state index >= 15 is 0 Å². The van der Waals surface area contributed by atoms with Crippen LogP contribution in [0.1, 0.15) is 34.1 Å². The molecule has 0 saturated heterocycles. The van der Waals surface area contributed by atoms with Gasteiger partial charge in [-0.25, -0.2) is 0 Å². The second kappa shape index (κ2) is 11.6. The molecule has 150 valence electrons. The summed E-state index contributed by atoms with van der Waals surface area (Å²) < 4.78 is 19.5. The lowest BCUT2D eigenvalue weighted by molar-refractivity contribution is -0.197. The summed E-state index contributed by atoms with van der Waals surface area (Å²) in [5.74, 6) is -2.22. The Bertz CT molecular complexity index is 618. The van der Waals surface area contributed by atoms with Crippen molar-refractivity contribution in [3.05, 3.63) is 0 Å². The van der Waals surface area contributed by atoms with Gasteiger partial charge in [-0.3, -0.25) is 24.0 Å². The zero-order chi connectivity index (χ0) is 21.1. The summed E-state index contributed by atoms with van der Waals surface area (Å²) in [5.41, 5.74) is 0. The van der Waals surface area contributed by atoms with E-state index in [2.05, 4.69) is 10.7 Å². The van der Waals surface area contributed by atoms with Gasteiger partial charge in [0, 0.05) is 27.7 Å². The van der Waals surface area contributed by atoms with Gasteiger partial charge in [0.25, 0.3) is 0 Å². The molecular formula is C17H22O10. The number of aliphatic hydroxyl groups excluding tert-OH is 1. The van der Waals surface area contributed by atoms with Crippen molar-refractivity contribution >= 4 is 29.7 Å². The Morgan fingerprint density at radius 2 is 1.33 bits per heavy atom. The molecule has 0 rings (SSSR count). The van der Waals surface area contributed by atoms with E-state index in [1.165, 1.54) is 0 Å². The average Bonchev–Trinajstić information content (AvgIpc) is 2.53. The number of rotatable bonds is 10. The third-order valence-corrected chi connectivity index (χ3v) is 2.95. The quantitative estimate of drug-likeness (QED) is 0.291. The maximum Gasteiger partial charge on any atom is 0.303 e. The number of ether oxygens (including phenoxy) is 4. The number of terminal acetylenes is 1. The van der Waals surface area contributed by atoms with Gasteiger partial charge < -0.3 is 24.1 Å². The highest BCUT2D eigenvalue weighted by atomic mass is 16.6. The molecule has 27 heavy (non-hydrogen) atoms. The van der Waals surface area contributed by atoms with Crippen LogP contribution in [0.5, 0.6) is 0 Å². The minimum absolute atomic E-state index is 0.484. The van der Waals surface area contributed by atoms with Crippen molar-refractivity contribution < 1.29 is 48.0 Å². The standard InChI is InChI=1S/C17H22O10/c1-6-7-13(22)15(25-10(3)19)17(27-12(5)21)16(26-11(4)20)14(23)8-24-9(2)18/h1,14-17,23H,7-8H2,2-5H3. The van der Waals surface area contributed by atoms with Gasteiger partial charge in [-0.15, -0.1) is 6.42 Å². The number of hydrogen-bond donors (Lipinski definition) is 1. The lowest BCUT2D eigenvalue weighted by Crippen LogP contribution is -2.54. The second-order valence-corrected chi connectivity index (χ2v) is 5.40. The van der Waals surface area contributed by atoms with E-state index in [0.717, 1.165) is 27.7 Å². The van der Waals surface area contributed by atoms with Crippen molar-refractivity contribution in [2.45, 2.75) is 58.5 Å². The Morgan fingerprint density at radius 3 is 1.74 bits per heavy atom.